The molecule has 0 saturated carbocycles. The molecule has 0 spiro atoms. The summed E-state index contributed by atoms with van der Waals surface area (Å²) >= 11 is 5.89. The molecule has 0 unspecified atom stereocenters. The number of hydrogen-bond acceptors (Lipinski definition) is 7. The Kier molecular flexibility index (Phi) is 5.51. The average molecular weight is 309 g/mol. The second-order valence-electron chi connectivity index (χ2n) is 4.24. The highest BCUT2D eigenvalue weighted by atomic mass is 35.5. The van der Waals surface area contributed by atoms with Gasteiger partial charge in [-0.25, -0.2) is 4.98 Å². The smallest absolute Gasteiger partial charge is 0.229 e. The van der Waals surface area contributed by atoms with Gasteiger partial charge in [0.05, 0.1) is 7.11 Å². The van der Waals surface area contributed by atoms with E-state index in [1.165, 1.54) is 0 Å². The van der Waals surface area contributed by atoms with E-state index in [9.17, 15) is 0 Å². The molecule has 2 rings (SSSR count). The van der Waals surface area contributed by atoms with E-state index in [-0.39, 0.29) is 5.28 Å². The molecule has 2 aromatic heterocycles. The van der Waals surface area contributed by atoms with Gasteiger partial charge in [-0.1, -0.05) is 6.92 Å². The van der Waals surface area contributed by atoms with Gasteiger partial charge in [0, 0.05) is 25.4 Å². The zero-order valence-corrected chi connectivity index (χ0v) is 12.7. The fraction of sp³-hybridized carbons (Fsp3) is 0.385. The Morgan fingerprint density at radius 3 is 2.67 bits per heavy atom. The van der Waals surface area contributed by atoms with Gasteiger partial charge in [0.15, 0.2) is 0 Å². The first kappa shape index (κ1) is 15.2. The number of rotatable bonds is 7. The van der Waals surface area contributed by atoms with Crippen molar-refractivity contribution in [3.05, 3.63) is 29.2 Å². The van der Waals surface area contributed by atoms with E-state index in [0.29, 0.717) is 24.3 Å². The van der Waals surface area contributed by atoms with Crippen LogP contribution in [0.5, 0.6) is 5.88 Å². The summed E-state index contributed by atoms with van der Waals surface area (Å²) in [5.74, 6) is 1.45. The molecule has 0 atom stereocenters. The molecule has 0 aliphatic rings. The van der Waals surface area contributed by atoms with E-state index >= 15 is 0 Å². The molecule has 0 aromatic carbocycles. The van der Waals surface area contributed by atoms with Crippen molar-refractivity contribution in [2.24, 2.45) is 0 Å². The molecule has 0 aliphatic heterocycles. The van der Waals surface area contributed by atoms with Crippen LogP contribution in [0.3, 0.4) is 0 Å². The maximum atomic E-state index is 5.89. The first-order valence-corrected chi connectivity index (χ1v) is 6.97. The van der Waals surface area contributed by atoms with Crippen molar-refractivity contribution in [3.8, 4) is 5.88 Å². The first-order chi connectivity index (χ1) is 10.2. The standard InChI is InChI=1S/C13H17ClN6O/c1-3-5-16-12-18-11(14)19-13(20-12)17-8-9-4-6-15-10(7-9)21-2/h4,6-7H,3,5,8H2,1-2H3,(H2,16,17,18,19,20). The molecule has 0 amide bonds. The van der Waals surface area contributed by atoms with Crippen LogP contribution in [0.4, 0.5) is 11.9 Å². The molecule has 112 valence electrons. The van der Waals surface area contributed by atoms with Crippen LogP contribution >= 0.6 is 11.6 Å². The van der Waals surface area contributed by atoms with Gasteiger partial charge >= 0.3 is 0 Å². The molecular formula is C13H17ClN6O. The van der Waals surface area contributed by atoms with Crippen molar-refractivity contribution in [3.63, 3.8) is 0 Å². The average Bonchev–Trinajstić information content (AvgIpc) is 2.50. The summed E-state index contributed by atoms with van der Waals surface area (Å²) in [4.78, 5) is 16.4. The van der Waals surface area contributed by atoms with E-state index < -0.39 is 0 Å². The zero-order chi connectivity index (χ0) is 15.1. The van der Waals surface area contributed by atoms with Crippen LogP contribution in [0, 0.1) is 0 Å². The van der Waals surface area contributed by atoms with Crippen LogP contribution in [-0.2, 0) is 6.54 Å². The van der Waals surface area contributed by atoms with Crippen LogP contribution < -0.4 is 15.4 Å². The van der Waals surface area contributed by atoms with Gasteiger partial charge in [-0.15, -0.1) is 0 Å². The van der Waals surface area contributed by atoms with Crippen LogP contribution in [0.15, 0.2) is 18.3 Å². The number of nitrogens with one attached hydrogen (secondary N) is 2. The van der Waals surface area contributed by atoms with Gasteiger partial charge in [-0.2, -0.15) is 15.0 Å². The van der Waals surface area contributed by atoms with E-state index in [1.54, 1.807) is 13.3 Å². The minimum atomic E-state index is 0.151. The topological polar surface area (TPSA) is 84.9 Å². The van der Waals surface area contributed by atoms with E-state index in [0.717, 1.165) is 18.5 Å². The number of nitrogens with zero attached hydrogens (tertiary/aromatic N) is 4. The Morgan fingerprint density at radius 1 is 1.19 bits per heavy atom. The fourth-order valence-corrected chi connectivity index (χ4v) is 1.76. The van der Waals surface area contributed by atoms with Crippen molar-refractivity contribution < 1.29 is 4.74 Å². The van der Waals surface area contributed by atoms with Crippen LogP contribution in [0.25, 0.3) is 0 Å². The van der Waals surface area contributed by atoms with Crippen molar-refractivity contribution in [1.29, 1.82) is 0 Å². The molecule has 0 saturated heterocycles. The predicted molar refractivity (Wildman–Crippen MR) is 81.7 cm³/mol. The number of aromatic nitrogens is 4. The minimum absolute atomic E-state index is 0.151. The van der Waals surface area contributed by atoms with Gasteiger partial charge < -0.3 is 15.4 Å². The number of hydrogen-bond donors (Lipinski definition) is 2. The lowest BCUT2D eigenvalue weighted by Gasteiger charge is -2.08. The highest BCUT2D eigenvalue weighted by Gasteiger charge is 2.05. The van der Waals surface area contributed by atoms with Gasteiger partial charge in [-0.05, 0) is 29.7 Å². The third-order valence-corrected chi connectivity index (χ3v) is 2.77. The Bertz CT molecular complexity index is 595. The summed E-state index contributed by atoms with van der Waals surface area (Å²) in [7, 11) is 1.58. The number of methoxy groups -OCH3 is 1. The molecule has 0 bridgehead atoms. The number of halogens is 1. The zero-order valence-electron chi connectivity index (χ0n) is 11.9. The molecule has 2 N–H and O–H groups in total. The quantitative estimate of drug-likeness (QED) is 0.812. The van der Waals surface area contributed by atoms with E-state index in [2.05, 4.69) is 37.5 Å². The maximum Gasteiger partial charge on any atom is 0.229 e. The van der Waals surface area contributed by atoms with Crippen LogP contribution in [-0.4, -0.2) is 33.6 Å². The lowest BCUT2D eigenvalue weighted by Crippen LogP contribution is -2.09. The van der Waals surface area contributed by atoms with Crippen molar-refractivity contribution in [1.82, 2.24) is 19.9 Å². The lowest BCUT2D eigenvalue weighted by molar-refractivity contribution is 0.397. The minimum Gasteiger partial charge on any atom is -0.481 e. The number of pyridine rings is 1. The summed E-state index contributed by atoms with van der Waals surface area (Å²) in [6.45, 7) is 3.37. The maximum absolute atomic E-state index is 5.89. The molecule has 2 heterocycles. The first-order valence-electron chi connectivity index (χ1n) is 6.59. The Hall–Kier alpha value is -2.15. The highest BCUT2D eigenvalue weighted by Crippen LogP contribution is 2.12. The van der Waals surface area contributed by atoms with Crippen LogP contribution in [0.1, 0.15) is 18.9 Å². The summed E-state index contributed by atoms with van der Waals surface area (Å²) in [6.07, 6.45) is 2.66. The number of anilines is 2. The molecule has 2 aromatic rings. The third kappa shape index (κ3) is 4.71. The van der Waals surface area contributed by atoms with Crippen molar-refractivity contribution >= 4 is 23.5 Å². The molecule has 21 heavy (non-hydrogen) atoms. The summed E-state index contributed by atoms with van der Waals surface area (Å²) in [5.41, 5.74) is 1.00. The van der Waals surface area contributed by atoms with Gasteiger partial charge in [-0.3, -0.25) is 0 Å². The SMILES string of the molecule is CCCNc1nc(Cl)nc(NCc2ccnc(OC)c2)n1. The molecule has 0 aliphatic carbocycles. The monoisotopic (exact) mass is 308 g/mol. The molecular weight excluding hydrogens is 292 g/mol. The summed E-state index contributed by atoms with van der Waals surface area (Å²) in [5, 5.41) is 6.33. The van der Waals surface area contributed by atoms with Crippen LogP contribution in [0.2, 0.25) is 5.28 Å². The molecule has 7 nitrogen and oxygen atoms in total. The predicted octanol–water partition coefficient (Wildman–Crippen LogP) is 2.36. The largest absolute Gasteiger partial charge is 0.481 e. The Labute approximate surface area is 128 Å². The fourth-order valence-electron chi connectivity index (χ4n) is 1.60. The summed E-state index contributed by atoms with van der Waals surface area (Å²) in [6, 6.07) is 3.72. The van der Waals surface area contributed by atoms with Crippen molar-refractivity contribution in [2.75, 3.05) is 24.3 Å². The third-order valence-electron chi connectivity index (χ3n) is 2.60. The summed E-state index contributed by atoms with van der Waals surface area (Å²) < 4.78 is 5.08. The highest BCUT2D eigenvalue weighted by molar-refractivity contribution is 6.28. The normalized spacial score (nSPS) is 10.2. The van der Waals surface area contributed by atoms with Gasteiger partial charge in [0.1, 0.15) is 0 Å². The molecule has 8 heteroatoms. The second-order valence-corrected chi connectivity index (χ2v) is 4.58. The van der Waals surface area contributed by atoms with E-state index in [1.807, 2.05) is 12.1 Å². The van der Waals surface area contributed by atoms with E-state index in [4.69, 9.17) is 16.3 Å². The Morgan fingerprint density at radius 2 is 1.95 bits per heavy atom. The van der Waals surface area contributed by atoms with Gasteiger partial charge in [0.2, 0.25) is 23.1 Å². The lowest BCUT2D eigenvalue weighted by atomic mass is 10.2. The molecule has 0 fully saturated rings. The Balaban J connectivity index is 2.03. The molecule has 0 radical (unpaired) electrons. The number of ether oxygens (including phenoxy) is 1. The second kappa shape index (κ2) is 7.58. The van der Waals surface area contributed by atoms with Crippen molar-refractivity contribution in [2.45, 2.75) is 19.9 Å². The van der Waals surface area contributed by atoms with Gasteiger partial charge in [0.25, 0.3) is 0 Å².